The molecule has 5 aliphatic heterocycles. The summed E-state index contributed by atoms with van der Waals surface area (Å²) in [6, 6.07) is 18.9. The van der Waals surface area contributed by atoms with Crippen molar-refractivity contribution in [2.24, 2.45) is 5.92 Å². The molecule has 3 aromatic carbocycles. The van der Waals surface area contributed by atoms with Crippen LogP contribution in [0.25, 0.3) is 22.3 Å². The van der Waals surface area contributed by atoms with Gasteiger partial charge < -0.3 is 38.1 Å². The molecule has 0 saturated carbocycles. The molecule has 2 aromatic heterocycles. The average Bonchev–Trinajstić information content (AvgIpc) is 3.81. The van der Waals surface area contributed by atoms with Gasteiger partial charge >= 0.3 is 5.97 Å². The molecule has 0 radical (unpaired) electrons. The van der Waals surface area contributed by atoms with Crippen molar-refractivity contribution in [1.29, 1.82) is 0 Å². The normalized spacial score (nSPS) is 22.2. The van der Waals surface area contributed by atoms with Crippen LogP contribution in [-0.4, -0.2) is 59.4 Å². The third-order valence-electron chi connectivity index (χ3n) is 11.5. The SMILES string of the molecule is CCC1(O)C(=O)OCc2c1cc1n(c2=O)Cc2cc3ccccc3nc2-1.COc1cc2c(cc1OC)C1C(=O)c3ccc4c(c3OC1CO2)CC(C(C)C)O4. The number of hydrogen-bond donors (Lipinski definition) is 1. The summed E-state index contributed by atoms with van der Waals surface area (Å²) in [7, 11) is 3.16. The Hall–Kier alpha value is -5.88. The predicted octanol–water partition coefficient (Wildman–Crippen LogP) is 5.86. The predicted molar refractivity (Wildman–Crippen MR) is 200 cm³/mol. The van der Waals surface area contributed by atoms with Crippen LogP contribution in [0.1, 0.15) is 71.3 Å². The Balaban J connectivity index is 0.000000145. The largest absolute Gasteiger partial charge is 0.493 e. The standard InChI is InChI=1S/C23H24O6.C20H16N2O4/c1-11(2)16-8-14-15(28-16)6-5-12-22(24)21-13-7-18(25-3)19(26-4)9-17(13)27-10-20(21)29-23(12)14;1-2-20(25)14-8-16-17-12(7-11-5-3-4-6-15(11)21-17)9-22(16)18(23)13(14)10-26-19(20)24/h5-7,9,11,16,20-21H,8,10H2,1-4H3;3-8,25H,2,9-10H2,1H3. The molecule has 1 N–H and O–H groups in total. The number of carbonyl (C=O) groups excluding carboxylic acids is 2. The molecular formula is C43H40N2O10. The van der Waals surface area contributed by atoms with Crippen LogP contribution in [0, 0.1) is 5.92 Å². The van der Waals surface area contributed by atoms with E-state index in [1.54, 1.807) is 37.8 Å². The van der Waals surface area contributed by atoms with Gasteiger partial charge in [0.1, 0.15) is 42.7 Å². The van der Waals surface area contributed by atoms with Crippen molar-refractivity contribution in [2.45, 2.75) is 70.5 Å². The Bertz CT molecular complexity index is 2510. The Labute approximate surface area is 316 Å². The maximum Gasteiger partial charge on any atom is 0.343 e. The Morgan fingerprint density at radius 3 is 2.49 bits per heavy atom. The molecule has 0 fully saturated rings. The van der Waals surface area contributed by atoms with Crippen LogP contribution >= 0.6 is 0 Å². The van der Waals surface area contributed by atoms with Crippen molar-refractivity contribution < 1.29 is 43.1 Å². The van der Waals surface area contributed by atoms with Crippen molar-refractivity contribution in [1.82, 2.24) is 9.55 Å². The molecular weight excluding hydrogens is 704 g/mol. The molecule has 12 nitrogen and oxygen atoms in total. The maximum atomic E-state index is 13.5. The van der Waals surface area contributed by atoms with E-state index in [0.717, 1.165) is 45.5 Å². The van der Waals surface area contributed by atoms with Crippen LogP contribution in [0.15, 0.2) is 65.5 Å². The van der Waals surface area contributed by atoms with Crippen LogP contribution in [0.3, 0.4) is 0 Å². The maximum absolute atomic E-state index is 13.5. The molecule has 4 unspecified atom stereocenters. The van der Waals surface area contributed by atoms with E-state index in [9.17, 15) is 19.5 Å². The number of rotatable bonds is 4. The van der Waals surface area contributed by atoms with Crippen LogP contribution in [-0.2, 0) is 34.7 Å². The van der Waals surface area contributed by atoms with Crippen LogP contribution < -0.4 is 29.2 Å². The molecule has 7 heterocycles. The summed E-state index contributed by atoms with van der Waals surface area (Å²) in [5.41, 5.74) is 4.19. The molecule has 0 bridgehead atoms. The molecule has 10 rings (SSSR count). The summed E-state index contributed by atoms with van der Waals surface area (Å²) in [4.78, 5) is 43.4. The smallest absolute Gasteiger partial charge is 0.343 e. The lowest BCUT2D eigenvalue weighted by molar-refractivity contribution is -0.172. The number of methoxy groups -OCH3 is 2. The van der Waals surface area contributed by atoms with Gasteiger partial charge in [0.25, 0.3) is 5.56 Å². The van der Waals surface area contributed by atoms with E-state index in [4.69, 9.17) is 33.4 Å². The average molecular weight is 745 g/mol. The number of cyclic esters (lactones) is 1. The summed E-state index contributed by atoms with van der Waals surface area (Å²) in [5, 5.41) is 11.8. The third-order valence-corrected chi connectivity index (χ3v) is 11.5. The van der Waals surface area contributed by atoms with Crippen molar-refractivity contribution in [3.05, 3.63) is 104 Å². The lowest BCUT2D eigenvalue weighted by Crippen LogP contribution is -2.44. The van der Waals surface area contributed by atoms with E-state index in [-0.39, 0.29) is 36.6 Å². The number of aliphatic hydroxyl groups is 1. The number of fused-ring (bicyclic) bond motifs is 11. The minimum absolute atomic E-state index is 0.0452. The molecule has 5 aliphatic rings. The highest BCUT2D eigenvalue weighted by molar-refractivity contribution is 6.06. The first-order chi connectivity index (χ1) is 26.5. The molecule has 0 aliphatic carbocycles. The number of carbonyl (C=O) groups is 2. The van der Waals surface area contributed by atoms with Crippen molar-refractivity contribution in [2.75, 3.05) is 20.8 Å². The summed E-state index contributed by atoms with van der Waals surface area (Å²) >= 11 is 0. The number of benzene rings is 3. The van der Waals surface area contributed by atoms with Crippen molar-refractivity contribution in [3.63, 3.8) is 0 Å². The number of nitrogens with zero attached hydrogens (tertiary/aromatic N) is 2. The second-order valence-electron chi connectivity index (χ2n) is 14.9. The van der Waals surface area contributed by atoms with Gasteiger partial charge in [-0.1, -0.05) is 39.0 Å². The first-order valence-electron chi connectivity index (χ1n) is 18.5. The summed E-state index contributed by atoms with van der Waals surface area (Å²) in [5.74, 6) is 2.53. The van der Waals surface area contributed by atoms with Crippen molar-refractivity contribution >= 4 is 22.7 Å². The fraction of sp³-hybridized carbons (Fsp3) is 0.349. The van der Waals surface area contributed by atoms with Gasteiger partial charge in [-0.3, -0.25) is 9.59 Å². The van der Waals surface area contributed by atoms with Gasteiger partial charge in [0.2, 0.25) is 0 Å². The number of Topliss-reactive ketones (excluding diaryl/α,β-unsaturated/α-hetero) is 1. The zero-order valence-corrected chi connectivity index (χ0v) is 31.1. The number of ether oxygens (including phenoxy) is 6. The van der Waals surface area contributed by atoms with E-state index in [1.807, 2.05) is 48.5 Å². The highest BCUT2D eigenvalue weighted by Crippen LogP contribution is 2.50. The quantitative estimate of drug-likeness (QED) is 0.217. The summed E-state index contributed by atoms with van der Waals surface area (Å²) in [6.45, 7) is 6.59. The van der Waals surface area contributed by atoms with Crippen LogP contribution in [0.2, 0.25) is 0 Å². The highest BCUT2D eigenvalue weighted by atomic mass is 16.6. The Morgan fingerprint density at radius 1 is 0.945 bits per heavy atom. The molecule has 5 aromatic rings. The van der Waals surface area contributed by atoms with E-state index >= 15 is 0 Å². The monoisotopic (exact) mass is 744 g/mol. The third kappa shape index (κ3) is 5.29. The Kier molecular flexibility index (Phi) is 8.16. The van der Waals surface area contributed by atoms with Crippen LogP contribution in [0.5, 0.6) is 28.7 Å². The van der Waals surface area contributed by atoms with E-state index in [2.05, 4.69) is 13.8 Å². The topological polar surface area (TPSA) is 145 Å². The molecule has 55 heavy (non-hydrogen) atoms. The van der Waals surface area contributed by atoms with E-state index in [0.29, 0.717) is 64.5 Å². The molecule has 0 saturated heterocycles. The highest BCUT2D eigenvalue weighted by Gasteiger charge is 2.47. The first kappa shape index (κ1) is 34.9. The number of aromatic nitrogens is 2. The van der Waals surface area contributed by atoms with Gasteiger partial charge in [0.05, 0.1) is 54.7 Å². The zero-order chi connectivity index (χ0) is 38.3. The van der Waals surface area contributed by atoms with E-state index < -0.39 is 17.5 Å². The number of para-hydroxylation sites is 1. The molecule has 12 heteroatoms. The number of pyridine rings is 2. The molecule has 4 atom stereocenters. The van der Waals surface area contributed by atoms with Gasteiger partial charge in [-0.15, -0.1) is 0 Å². The Morgan fingerprint density at radius 2 is 1.73 bits per heavy atom. The number of hydrogen-bond acceptors (Lipinski definition) is 11. The second kappa shape index (κ2) is 12.9. The fourth-order valence-electron chi connectivity index (χ4n) is 8.39. The number of ketones is 1. The summed E-state index contributed by atoms with van der Waals surface area (Å²) < 4.78 is 35.9. The fourth-order valence-corrected chi connectivity index (χ4v) is 8.39. The van der Waals surface area contributed by atoms with Gasteiger partial charge in [0, 0.05) is 40.1 Å². The van der Waals surface area contributed by atoms with Gasteiger partial charge in [-0.25, -0.2) is 9.78 Å². The minimum atomic E-state index is -1.79. The molecule has 282 valence electrons. The molecule has 0 spiro atoms. The molecule has 0 amide bonds. The van der Waals surface area contributed by atoms with Crippen LogP contribution in [0.4, 0.5) is 0 Å². The van der Waals surface area contributed by atoms with E-state index in [1.165, 1.54) is 0 Å². The van der Waals surface area contributed by atoms with Crippen molar-refractivity contribution in [3.8, 4) is 40.1 Å². The summed E-state index contributed by atoms with van der Waals surface area (Å²) in [6.07, 6.45) is 0.612. The lowest BCUT2D eigenvalue weighted by atomic mass is 9.81. The zero-order valence-electron chi connectivity index (χ0n) is 31.1. The second-order valence-corrected chi connectivity index (χ2v) is 14.9. The number of esters is 1. The minimum Gasteiger partial charge on any atom is -0.493 e. The van der Waals surface area contributed by atoms with Gasteiger partial charge in [0.15, 0.2) is 22.9 Å². The van der Waals surface area contributed by atoms with Gasteiger partial charge in [-0.05, 0) is 48.7 Å². The lowest BCUT2D eigenvalue weighted by Gasteiger charge is -2.37. The first-order valence-corrected chi connectivity index (χ1v) is 18.5. The van der Waals surface area contributed by atoms with Gasteiger partial charge in [-0.2, -0.15) is 0 Å².